The monoisotopic (exact) mass is 384 g/mol. The van der Waals surface area contributed by atoms with Crippen molar-refractivity contribution in [2.24, 2.45) is 11.3 Å². The quantitative estimate of drug-likeness (QED) is 0.526. The maximum Gasteiger partial charge on any atom is 0.256 e. The second-order valence-electron chi connectivity index (χ2n) is 8.30. The van der Waals surface area contributed by atoms with Gasteiger partial charge in [-0.05, 0) is 46.5 Å². The van der Waals surface area contributed by atoms with Crippen LogP contribution in [0.25, 0.3) is 0 Å². The number of aliphatic hydroxyl groups is 1. The van der Waals surface area contributed by atoms with Gasteiger partial charge >= 0.3 is 0 Å². The summed E-state index contributed by atoms with van der Waals surface area (Å²) in [5, 5.41) is 11.6. The highest BCUT2D eigenvalue weighted by atomic mass is 16.5. The van der Waals surface area contributed by atoms with Gasteiger partial charge in [0.05, 0.1) is 18.1 Å². The van der Waals surface area contributed by atoms with E-state index in [9.17, 15) is 19.5 Å². The predicted octanol–water partition coefficient (Wildman–Crippen LogP) is -0.173. The highest BCUT2D eigenvalue weighted by molar-refractivity contribution is 6.05. The fourth-order valence-corrected chi connectivity index (χ4v) is 2.55. The number of nitrogens with one attached hydrogen (secondary N) is 1. The Morgan fingerprint density at radius 1 is 1.22 bits per heavy atom. The van der Waals surface area contributed by atoms with Crippen LogP contribution in [0.3, 0.4) is 0 Å². The Labute approximate surface area is 161 Å². The van der Waals surface area contributed by atoms with Crippen LogP contribution in [-0.4, -0.2) is 60.1 Å². The molecular weight excluding hydrogens is 350 g/mol. The molecule has 27 heavy (non-hydrogen) atoms. The average molecular weight is 384 g/mol. The smallest absolute Gasteiger partial charge is 0.256 e. The van der Waals surface area contributed by atoms with Gasteiger partial charge in [-0.25, -0.2) is 0 Å². The van der Waals surface area contributed by atoms with E-state index >= 15 is 0 Å². The molecule has 8 heteroatoms. The van der Waals surface area contributed by atoms with Gasteiger partial charge in [0.1, 0.15) is 11.2 Å². The highest BCUT2D eigenvalue weighted by Gasteiger charge is 2.37. The van der Waals surface area contributed by atoms with E-state index in [4.69, 9.17) is 4.74 Å². The molecule has 1 fully saturated rings. The number of aliphatic hydroxyl groups excluding tert-OH is 1. The Morgan fingerprint density at radius 3 is 2.30 bits per heavy atom. The van der Waals surface area contributed by atoms with Crippen molar-refractivity contribution in [1.29, 1.82) is 0 Å². The van der Waals surface area contributed by atoms with Gasteiger partial charge in [-0.3, -0.25) is 19.7 Å². The van der Waals surface area contributed by atoms with Gasteiger partial charge in [-0.2, -0.15) is 0 Å². The average Bonchev–Trinajstić information content (AvgIpc) is 2.61. The molecule has 0 radical (unpaired) electrons. The van der Waals surface area contributed by atoms with Crippen molar-refractivity contribution >= 4 is 17.7 Å². The van der Waals surface area contributed by atoms with Crippen molar-refractivity contribution in [3.63, 3.8) is 0 Å². The highest BCUT2D eigenvalue weighted by Crippen LogP contribution is 2.22. The molecule has 0 unspecified atom stereocenters. The molecule has 5 N–H and O–H groups in total. The van der Waals surface area contributed by atoms with Crippen molar-refractivity contribution in [3.8, 4) is 0 Å². The number of imide groups is 1. The second-order valence-corrected chi connectivity index (χ2v) is 8.30. The lowest BCUT2D eigenvalue weighted by atomic mass is 9.90. The van der Waals surface area contributed by atoms with Crippen LogP contribution in [0, 0.1) is 11.3 Å². The summed E-state index contributed by atoms with van der Waals surface area (Å²) in [6, 6.07) is 0. The first-order valence-electron chi connectivity index (χ1n) is 9.26. The maximum absolute atomic E-state index is 12.6. The number of carbonyl (C=O) groups excluding carboxylic acids is 3. The Morgan fingerprint density at radius 2 is 1.78 bits per heavy atom. The topological polar surface area (TPSA) is 124 Å². The summed E-state index contributed by atoms with van der Waals surface area (Å²) in [6.45, 7) is 7.83. The van der Waals surface area contributed by atoms with E-state index in [1.54, 1.807) is 34.7 Å². The summed E-state index contributed by atoms with van der Waals surface area (Å²) >= 11 is 0. The minimum atomic E-state index is -1.18. The van der Waals surface area contributed by atoms with E-state index in [1.807, 2.05) is 0 Å². The summed E-state index contributed by atoms with van der Waals surface area (Å²) in [4.78, 5) is 38.7. The molecule has 0 aliphatic carbocycles. The molecule has 0 saturated carbocycles. The lowest BCUT2D eigenvalue weighted by molar-refractivity contribution is -0.325. The number of quaternary nitrogens is 1. The Hall–Kier alpha value is -1.77. The van der Waals surface area contributed by atoms with Gasteiger partial charge in [-0.1, -0.05) is 0 Å². The fourth-order valence-electron chi connectivity index (χ4n) is 2.55. The van der Waals surface area contributed by atoms with E-state index in [-0.39, 0.29) is 18.4 Å². The molecular formula is C19H34N3O5+. The molecule has 0 bridgehead atoms. The van der Waals surface area contributed by atoms with Crippen LogP contribution in [0.2, 0.25) is 0 Å². The minimum Gasteiger partial charge on any atom is -0.395 e. The van der Waals surface area contributed by atoms with Crippen molar-refractivity contribution in [1.82, 2.24) is 10.2 Å². The third kappa shape index (κ3) is 6.41. The van der Waals surface area contributed by atoms with Crippen molar-refractivity contribution in [2.45, 2.75) is 52.5 Å². The molecule has 0 aromatic heterocycles. The Bertz CT molecular complexity index is 592. The minimum absolute atomic E-state index is 0.135. The van der Waals surface area contributed by atoms with E-state index < -0.39 is 22.8 Å². The van der Waals surface area contributed by atoms with E-state index in [1.165, 1.54) is 11.0 Å². The SMILES string of the molecule is CN(C(=O)CC1CCOCC1)C(C)(C)C(=O)NC(=O)C=C([NH3+])C(C)(C)CO. The number of carbonyl (C=O) groups is 3. The Balaban J connectivity index is 2.71. The lowest BCUT2D eigenvalue weighted by Gasteiger charge is -2.35. The van der Waals surface area contributed by atoms with E-state index in [0.717, 1.165) is 12.8 Å². The predicted molar refractivity (Wildman–Crippen MR) is 100.0 cm³/mol. The summed E-state index contributed by atoms with van der Waals surface area (Å²) in [7, 11) is 1.57. The third-order valence-corrected chi connectivity index (χ3v) is 5.38. The molecule has 0 spiro atoms. The van der Waals surface area contributed by atoms with Gasteiger partial charge in [0, 0.05) is 26.7 Å². The molecule has 154 valence electrons. The number of hydrogen-bond donors (Lipinski definition) is 3. The first-order valence-corrected chi connectivity index (χ1v) is 9.26. The number of hydrogen-bond acceptors (Lipinski definition) is 5. The van der Waals surface area contributed by atoms with E-state index in [2.05, 4.69) is 11.1 Å². The molecule has 8 nitrogen and oxygen atoms in total. The molecule has 0 atom stereocenters. The van der Waals surface area contributed by atoms with Crippen LogP contribution < -0.4 is 11.1 Å². The summed E-state index contributed by atoms with van der Waals surface area (Å²) in [5.41, 5.74) is 2.35. The summed E-state index contributed by atoms with van der Waals surface area (Å²) < 4.78 is 5.30. The van der Waals surface area contributed by atoms with Gasteiger partial charge in [0.2, 0.25) is 5.91 Å². The lowest BCUT2D eigenvalue weighted by Crippen LogP contribution is -2.58. The van der Waals surface area contributed by atoms with Crippen molar-refractivity contribution in [3.05, 3.63) is 11.8 Å². The zero-order valence-corrected chi connectivity index (χ0v) is 17.1. The largest absolute Gasteiger partial charge is 0.395 e. The molecule has 1 rings (SSSR count). The number of rotatable bonds is 7. The molecule has 0 aromatic rings. The number of ether oxygens (including phenoxy) is 1. The molecule has 1 aliphatic heterocycles. The molecule has 1 saturated heterocycles. The number of likely N-dealkylation sites (N-methyl/N-ethyl adjacent to an activating group) is 1. The standard InChI is InChI=1S/C19H33N3O5/c1-18(2,12-23)14(20)11-15(24)21-17(26)19(3,4)22(5)16(25)10-13-6-8-27-9-7-13/h11,13,23H,6-10,12,20H2,1-5H3,(H,21,24,26)/p+1. The van der Waals surface area contributed by atoms with Crippen molar-refractivity contribution in [2.75, 3.05) is 26.9 Å². The molecule has 3 amide bonds. The number of nitrogens with zero attached hydrogens (tertiary/aromatic N) is 1. The second kappa shape index (κ2) is 9.43. The van der Waals surface area contributed by atoms with Crippen LogP contribution >= 0.6 is 0 Å². The first-order chi connectivity index (χ1) is 12.4. The Kier molecular flexibility index (Phi) is 8.13. The number of amides is 3. The van der Waals surface area contributed by atoms with Crippen LogP contribution in [0.4, 0.5) is 0 Å². The van der Waals surface area contributed by atoms with E-state index in [0.29, 0.717) is 25.3 Å². The first kappa shape index (κ1) is 23.3. The molecule has 0 aromatic carbocycles. The normalized spacial score (nSPS) is 16.8. The van der Waals surface area contributed by atoms with Crippen molar-refractivity contribution < 1.29 is 30.0 Å². The fraction of sp³-hybridized carbons (Fsp3) is 0.737. The van der Waals surface area contributed by atoms with Gasteiger partial charge in [0.15, 0.2) is 0 Å². The summed E-state index contributed by atoms with van der Waals surface area (Å²) in [6.07, 6.45) is 3.23. The third-order valence-electron chi connectivity index (χ3n) is 5.38. The van der Waals surface area contributed by atoms with Gasteiger partial charge in [-0.15, -0.1) is 0 Å². The maximum atomic E-state index is 12.6. The zero-order chi connectivity index (χ0) is 20.8. The summed E-state index contributed by atoms with van der Waals surface area (Å²) in [5.74, 6) is -1.07. The van der Waals surface area contributed by atoms with Gasteiger partial charge < -0.3 is 20.5 Å². The molecule has 1 heterocycles. The molecule has 1 aliphatic rings. The van der Waals surface area contributed by atoms with Crippen LogP contribution in [-0.2, 0) is 19.1 Å². The zero-order valence-electron chi connectivity index (χ0n) is 17.1. The van der Waals surface area contributed by atoms with Crippen LogP contribution in [0.5, 0.6) is 0 Å². The van der Waals surface area contributed by atoms with Crippen LogP contribution in [0.1, 0.15) is 47.0 Å². The van der Waals surface area contributed by atoms with Crippen LogP contribution in [0.15, 0.2) is 11.8 Å². The van der Waals surface area contributed by atoms with Gasteiger partial charge in [0.25, 0.3) is 11.8 Å².